The lowest BCUT2D eigenvalue weighted by atomic mass is 9.95. The Bertz CT molecular complexity index is 328. The molecule has 88 valence electrons. The predicted molar refractivity (Wildman–Crippen MR) is 58.6 cm³/mol. The minimum absolute atomic E-state index is 0.0212. The molecule has 0 spiro atoms. The average Bonchev–Trinajstić information content (AvgIpc) is 2.60. The summed E-state index contributed by atoms with van der Waals surface area (Å²) in [4.78, 5) is 0. The summed E-state index contributed by atoms with van der Waals surface area (Å²) in [6.45, 7) is 1.92. The lowest BCUT2D eigenvalue weighted by molar-refractivity contribution is 0.0965. The van der Waals surface area contributed by atoms with Gasteiger partial charge in [-0.3, -0.25) is 0 Å². The van der Waals surface area contributed by atoms with E-state index in [4.69, 9.17) is 4.74 Å². The third kappa shape index (κ3) is 2.92. The van der Waals surface area contributed by atoms with Gasteiger partial charge in [-0.05, 0) is 26.2 Å². The first-order chi connectivity index (χ1) is 6.94. The number of sulfone groups is 1. The summed E-state index contributed by atoms with van der Waals surface area (Å²) in [5.41, 5.74) is 0. The molecule has 0 aromatic rings. The third-order valence-electron chi connectivity index (χ3n) is 3.16. The highest BCUT2D eigenvalue weighted by atomic mass is 32.2. The van der Waals surface area contributed by atoms with E-state index in [1.165, 1.54) is 12.7 Å². The molecule has 4 nitrogen and oxygen atoms in total. The van der Waals surface area contributed by atoms with Crippen molar-refractivity contribution in [3.8, 4) is 0 Å². The molecule has 0 radical (unpaired) electrons. The zero-order valence-corrected chi connectivity index (χ0v) is 10.1. The Morgan fingerprint density at radius 3 is 2.67 bits per heavy atom. The zero-order chi connectivity index (χ0) is 11.1. The summed E-state index contributed by atoms with van der Waals surface area (Å²) in [6.07, 6.45) is 5.34. The largest absolute Gasteiger partial charge is 0.373 e. The second-order valence-electron chi connectivity index (χ2n) is 4.88. The molecule has 5 heteroatoms. The van der Waals surface area contributed by atoms with E-state index in [-0.39, 0.29) is 11.8 Å². The van der Waals surface area contributed by atoms with Crippen LogP contribution in [0.15, 0.2) is 0 Å². The van der Waals surface area contributed by atoms with E-state index in [1.54, 1.807) is 0 Å². The van der Waals surface area contributed by atoms with E-state index in [1.807, 2.05) is 6.92 Å². The van der Waals surface area contributed by atoms with E-state index in [2.05, 4.69) is 5.32 Å². The Morgan fingerprint density at radius 2 is 2.20 bits per heavy atom. The fraction of sp³-hybridized carbons (Fsp3) is 1.00. The number of ether oxygens (including phenoxy) is 1. The molecule has 2 aliphatic rings. The molecule has 0 aliphatic carbocycles. The van der Waals surface area contributed by atoms with Gasteiger partial charge in [-0.2, -0.15) is 0 Å². The van der Waals surface area contributed by atoms with Gasteiger partial charge in [-0.25, -0.2) is 8.42 Å². The summed E-state index contributed by atoms with van der Waals surface area (Å²) in [5, 5.41) is 3.36. The van der Waals surface area contributed by atoms with Crippen molar-refractivity contribution in [2.75, 3.05) is 12.0 Å². The van der Waals surface area contributed by atoms with E-state index < -0.39 is 9.84 Å². The normalized spacial score (nSPS) is 37.1. The molecule has 0 amide bonds. The first kappa shape index (κ1) is 11.4. The first-order valence-electron chi connectivity index (χ1n) is 5.53. The molecule has 15 heavy (non-hydrogen) atoms. The molecule has 4 unspecified atom stereocenters. The van der Waals surface area contributed by atoms with Crippen LogP contribution in [0, 0.1) is 0 Å². The number of hydrogen-bond acceptors (Lipinski definition) is 4. The van der Waals surface area contributed by atoms with Crippen LogP contribution in [-0.4, -0.2) is 44.7 Å². The highest BCUT2D eigenvalue weighted by molar-refractivity contribution is 7.90. The molecular weight excluding hydrogens is 214 g/mol. The molecule has 2 aliphatic heterocycles. The van der Waals surface area contributed by atoms with Crippen LogP contribution in [0.1, 0.15) is 26.2 Å². The Balaban J connectivity index is 1.82. The number of rotatable bonds is 4. The van der Waals surface area contributed by atoms with E-state index >= 15 is 0 Å². The minimum atomic E-state index is -2.88. The Hall–Kier alpha value is -0.130. The van der Waals surface area contributed by atoms with Crippen molar-refractivity contribution in [3.63, 3.8) is 0 Å². The fourth-order valence-corrected chi connectivity index (χ4v) is 3.69. The van der Waals surface area contributed by atoms with E-state index in [9.17, 15) is 8.42 Å². The number of hydrogen-bond donors (Lipinski definition) is 1. The molecule has 0 aromatic carbocycles. The maximum atomic E-state index is 11.1. The average molecular weight is 233 g/mol. The molecule has 2 saturated heterocycles. The maximum Gasteiger partial charge on any atom is 0.148 e. The van der Waals surface area contributed by atoms with Crippen molar-refractivity contribution >= 4 is 9.84 Å². The first-order valence-corrected chi connectivity index (χ1v) is 7.59. The van der Waals surface area contributed by atoms with Gasteiger partial charge < -0.3 is 10.1 Å². The van der Waals surface area contributed by atoms with Crippen LogP contribution in [0.2, 0.25) is 0 Å². The van der Waals surface area contributed by atoms with Crippen LogP contribution in [0.5, 0.6) is 0 Å². The third-order valence-corrected chi connectivity index (χ3v) is 4.26. The lowest BCUT2D eigenvalue weighted by Gasteiger charge is -2.24. The topological polar surface area (TPSA) is 55.4 Å². The van der Waals surface area contributed by atoms with Crippen LogP contribution in [0.25, 0.3) is 0 Å². The van der Waals surface area contributed by atoms with Gasteiger partial charge in [0.15, 0.2) is 0 Å². The fourth-order valence-electron chi connectivity index (χ4n) is 2.68. The summed E-state index contributed by atoms with van der Waals surface area (Å²) in [6, 6.07) is 0.383. The molecule has 2 fully saturated rings. The molecule has 4 atom stereocenters. The second kappa shape index (κ2) is 4.03. The highest BCUT2D eigenvalue weighted by Crippen LogP contribution is 2.34. The van der Waals surface area contributed by atoms with E-state index in [0.29, 0.717) is 18.2 Å². The molecule has 0 saturated carbocycles. The van der Waals surface area contributed by atoms with Crippen molar-refractivity contribution < 1.29 is 13.2 Å². The van der Waals surface area contributed by atoms with Gasteiger partial charge in [0.1, 0.15) is 9.84 Å². The summed E-state index contributed by atoms with van der Waals surface area (Å²) in [7, 11) is -2.88. The molecule has 2 bridgehead atoms. The van der Waals surface area contributed by atoms with Gasteiger partial charge in [0.25, 0.3) is 0 Å². The van der Waals surface area contributed by atoms with Crippen molar-refractivity contribution in [1.29, 1.82) is 0 Å². The Kier molecular flexibility index (Phi) is 3.05. The monoisotopic (exact) mass is 233 g/mol. The van der Waals surface area contributed by atoms with Gasteiger partial charge in [0.05, 0.1) is 18.0 Å². The molecule has 2 rings (SSSR count). The standard InChI is InChI=1S/C10H19NO3S/c1-7(6-15(2,12)13)11-9-5-8-3-4-10(9)14-8/h7-11H,3-6H2,1-2H3. The van der Waals surface area contributed by atoms with Gasteiger partial charge in [-0.1, -0.05) is 0 Å². The lowest BCUT2D eigenvalue weighted by Crippen LogP contribution is -2.45. The van der Waals surface area contributed by atoms with Crippen LogP contribution < -0.4 is 5.32 Å². The second-order valence-corrected chi connectivity index (χ2v) is 7.06. The van der Waals surface area contributed by atoms with Gasteiger partial charge in [-0.15, -0.1) is 0 Å². The van der Waals surface area contributed by atoms with Gasteiger partial charge in [0, 0.05) is 18.3 Å². The van der Waals surface area contributed by atoms with Crippen LogP contribution in [-0.2, 0) is 14.6 Å². The molecule has 0 aromatic heterocycles. The van der Waals surface area contributed by atoms with Crippen molar-refractivity contribution in [3.05, 3.63) is 0 Å². The summed E-state index contributed by atoms with van der Waals surface area (Å²) >= 11 is 0. The maximum absolute atomic E-state index is 11.1. The van der Waals surface area contributed by atoms with Crippen molar-refractivity contribution in [1.82, 2.24) is 5.32 Å². The SMILES string of the molecule is CC(CS(C)(=O)=O)NC1CC2CCC1O2. The highest BCUT2D eigenvalue weighted by Gasteiger charge is 2.41. The number of nitrogens with one attached hydrogen (secondary N) is 1. The quantitative estimate of drug-likeness (QED) is 0.760. The Morgan fingerprint density at radius 1 is 1.47 bits per heavy atom. The Labute approximate surface area is 91.3 Å². The van der Waals surface area contributed by atoms with Crippen LogP contribution >= 0.6 is 0 Å². The van der Waals surface area contributed by atoms with Crippen molar-refractivity contribution in [2.45, 2.75) is 50.5 Å². The molecule has 2 heterocycles. The predicted octanol–water partition coefficient (Wildman–Crippen LogP) is 0.329. The van der Waals surface area contributed by atoms with Gasteiger partial charge in [0.2, 0.25) is 0 Å². The number of fused-ring (bicyclic) bond motifs is 2. The molecular formula is C10H19NO3S. The zero-order valence-electron chi connectivity index (χ0n) is 9.27. The van der Waals surface area contributed by atoms with Crippen LogP contribution in [0.4, 0.5) is 0 Å². The minimum Gasteiger partial charge on any atom is -0.373 e. The smallest absolute Gasteiger partial charge is 0.148 e. The van der Waals surface area contributed by atoms with Crippen LogP contribution in [0.3, 0.4) is 0 Å². The van der Waals surface area contributed by atoms with E-state index in [0.717, 1.165) is 12.8 Å². The molecule has 1 N–H and O–H groups in total. The van der Waals surface area contributed by atoms with Crippen molar-refractivity contribution in [2.24, 2.45) is 0 Å². The summed E-state index contributed by atoms with van der Waals surface area (Å²) < 4.78 is 27.9. The summed E-state index contributed by atoms with van der Waals surface area (Å²) in [5.74, 6) is 0.209. The van der Waals surface area contributed by atoms with Gasteiger partial charge >= 0.3 is 0 Å².